The van der Waals surface area contributed by atoms with E-state index in [2.05, 4.69) is 63.7 Å². The van der Waals surface area contributed by atoms with E-state index in [4.69, 9.17) is 54.2 Å². The quantitative estimate of drug-likeness (QED) is 0.0290. The van der Waals surface area contributed by atoms with Gasteiger partial charge in [-0.15, -0.1) is 0 Å². The molecule has 0 radical (unpaired) electrons. The van der Waals surface area contributed by atoms with Crippen molar-refractivity contribution in [3.05, 3.63) is 81.5 Å². The summed E-state index contributed by atoms with van der Waals surface area (Å²) in [5, 5.41) is 17.9. The number of benzene rings is 3. The predicted octanol–water partition coefficient (Wildman–Crippen LogP) is 4.37. The minimum Gasteiger partial charge on any atom is -1.00 e. The summed E-state index contributed by atoms with van der Waals surface area (Å²) < 4.78 is 48.4. The van der Waals surface area contributed by atoms with Gasteiger partial charge < -0.3 is 45.4 Å². The summed E-state index contributed by atoms with van der Waals surface area (Å²) in [7, 11) is 10.3. The first-order valence-electron chi connectivity index (χ1n) is 13.5. The number of carbonyl (C=O) groups excluding carboxylic acids is 3. The summed E-state index contributed by atoms with van der Waals surface area (Å²) in [6.07, 6.45) is 1.61. The maximum Gasteiger partial charge on any atom is 1.00 e. The van der Waals surface area contributed by atoms with Crippen LogP contribution in [0.3, 0.4) is 0 Å². The van der Waals surface area contributed by atoms with Crippen LogP contribution in [0.4, 0.5) is 10.1 Å². The number of aromatic amines is 1. The second-order valence-corrected chi connectivity index (χ2v) is 11.6. The number of anilines is 1. The molecule has 276 valence electrons. The van der Waals surface area contributed by atoms with E-state index in [-0.39, 0.29) is 75.2 Å². The summed E-state index contributed by atoms with van der Waals surface area (Å²) in [6, 6.07) is 14.0. The molecule has 3 aromatic carbocycles. The maximum atomic E-state index is 11.2. The number of oxazole rings is 2. The Hall–Kier alpha value is -3.13. The van der Waals surface area contributed by atoms with Crippen LogP contribution in [-0.4, -0.2) is 76.1 Å². The number of nitrogens with zero attached hydrogens (tertiary/aromatic N) is 1. The van der Waals surface area contributed by atoms with Crippen molar-refractivity contribution >= 4 is 118 Å². The van der Waals surface area contributed by atoms with Crippen molar-refractivity contribution in [1.82, 2.24) is 9.97 Å². The number of phenols is 1. The number of esters is 3. The van der Waals surface area contributed by atoms with Crippen molar-refractivity contribution in [1.29, 1.82) is 0 Å². The third-order valence-electron chi connectivity index (χ3n) is 5.20. The Morgan fingerprint density at radius 3 is 1.90 bits per heavy atom. The number of aliphatic hydroxyl groups is 1. The van der Waals surface area contributed by atoms with Crippen LogP contribution in [-0.2, 0) is 23.4 Å². The van der Waals surface area contributed by atoms with Crippen LogP contribution in [0, 0.1) is 16.9 Å². The molecule has 0 spiro atoms. The van der Waals surface area contributed by atoms with E-state index in [1.807, 2.05) is 0 Å². The van der Waals surface area contributed by atoms with E-state index in [9.17, 15) is 18.8 Å². The number of halogens is 4. The smallest absolute Gasteiger partial charge is 1.00 e. The zero-order valence-corrected chi connectivity index (χ0v) is 35.2. The molecule has 0 fully saturated rings. The molecule has 0 saturated heterocycles. The summed E-state index contributed by atoms with van der Waals surface area (Å²) in [5.74, 6) is 0.687. The molecule has 52 heavy (non-hydrogen) atoms. The van der Waals surface area contributed by atoms with Gasteiger partial charge >= 0.3 is 69.3 Å². The van der Waals surface area contributed by atoms with Crippen molar-refractivity contribution in [2.75, 3.05) is 34.2 Å². The Balaban J connectivity index is -0.000000620. The third kappa shape index (κ3) is 19.1. The number of aromatic nitrogens is 2. The first kappa shape index (κ1) is 48.9. The van der Waals surface area contributed by atoms with Gasteiger partial charge in [0.2, 0.25) is 9.23 Å². The van der Waals surface area contributed by atoms with Gasteiger partial charge in [-0.2, -0.15) is 4.98 Å². The van der Waals surface area contributed by atoms with Gasteiger partial charge in [0.05, 0.1) is 63.1 Å². The average molecular weight is 868 g/mol. The molecule has 0 aliphatic carbocycles. The van der Waals surface area contributed by atoms with Gasteiger partial charge in [-0.1, -0.05) is 12.2 Å². The number of hydrogen-bond donors (Lipinski definition) is 4. The van der Waals surface area contributed by atoms with E-state index in [0.717, 1.165) is 10.9 Å². The third-order valence-corrected chi connectivity index (χ3v) is 5.67. The molecule has 0 saturated carbocycles. The summed E-state index contributed by atoms with van der Waals surface area (Å²) >= 11 is 14.6. The van der Waals surface area contributed by atoms with E-state index in [1.54, 1.807) is 42.5 Å². The zero-order valence-electron chi connectivity index (χ0n) is 29.3. The number of carbonyl (C=O) groups is 3. The molecule has 0 atom stereocenters. The van der Waals surface area contributed by atoms with Crippen LogP contribution in [0.15, 0.2) is 63.4 Å². The average Bonchev–Trinajstić information content (AvgIpc) is 3.69. The van der Waals surface area contributed by atoms with Crippen molar-refractivity contribution < 1.29 is 110 Å². The van der Waals surface area contributed by atoms with Gasteiger partial charge in [0.1, 0.15) is 17.4 Å². The number of H-pyrrole nitrogens is 1. The van der Waals surface area contributed by atoms with E-state index in [1.165, 1.54) is 39.5 Å². The summed E-state index contributed by atoms with van der Waals surface area (Å²) in [5.41, 5.74) is 9.10. The second kappa shape index (κ2) is 28.4. The number of hydrogen-bond acceptors (Lipinski definition) is 15. The Morgan fingerprint density at radius 2 is 1.46 bits per heavy atom. The van der Waals surface area contributed by atoms with Gasteiger partial charge in [-0.3, -0.25) is 4.39 Å². The van der Waals surface area contributed by atoms with Crippen LogP contribution in [0.2, 0.25) is 5.35 Å². The van der Waals surface area contributed by atoms with E-state index < -0.39 is 34.3 Å². The number of phenolic OH excluding ortho intramolecular Hbond substituents is 1. The number of nitrogen functional groups attached to an aromatic ring is 1. The number of aliphatic hydroxyl groups excluding tert-OH is 1. The molecule has 2 heterocycles. The molecule has 14 nitrogen and oxygen atoms in total. The van der Waals surface area contributed by atoms with Crippen molar-refractivity contribution in [2.45, 2.75) is 0 Å². The number of ether oxygens (including phenoxy) is 3. The number of fused-ring (bicyclic) bond motifs is 2. The molecule has 2 aromatic heterocycles. The fraction of sp³-hybridized carbons (Fsp3) is 0.133. The second-order valence-electron chi connectivity index (χ2n) is 8.18. The number of nitrogens with two attached hydrogens (primary N) is 1. The van der Waals surface area contributed by atoms with Crippen LogP contribution >= 0.6 is 57.4 Å². The van der Waals surface area contributed by atoms with Gasteiger partial charge in [0.25, 0.3) is 10.2 Å². The molecule has 22 heteroatoms. The zero-order chi connectivity index (χ0) is 39.8. The predicted molar refractivity (Wildman–Crippen MR) is 198 cm³/mol. The molecule has 0 aliphatic rings. The Labute approximate surface area is 367 Å². The molecule has 0 unspecified atom stereocenters. The number of alkyl halides is 1. The first-order chi connectivity index (χ1) is 24.6. The number of aromatic hydroxyl groups is 1. The SMILES string of the molecule is COC(=O)c1ccc(N)c(O)c1.COC(=O)c1ccc2[nH]c(=S)oc2c1.COC(=O)c1ccc2nc(Cl)oc2c1.O=S(Cl)Cl.OC#CC=S.[2H]CF.[H-].[K+]. The van der Waals surface area contributed by atoms with Crippen LogP contribution in [0.5, 0.6) is 5.75 Å². The molecular weight excluding hydrogens is 839 g/mol. The van der Waals surface area contributed by atoms with Crippen LogP contribution < -0.4 is 57.1 Å². The van der Waals surface area contributed by atoms with Gasteiger partial charge in [0, 0.05) is 21.4 Å². The topological polar surface area (TPSA) is 217 Å². The molecule has 5 rings (SSSR count). The first-order valence-corrected chi connectivity index (χ1v) is 16.9. The number of nitrogens with one attached hydrogen (secondary N) is 1. The van der Waals surface area contributed by atoms with Crippen molar-refractivity contribution in [2.24, 2.45) is 0 Å². The Kier molecular flexibility index (Phi) is 26.7. The number of thiocarbonyl (C=S) groups is 1. The van der Waals surface area contributed by atoms with Crippen molar-refractivity contribution in [3.63, 3.8) is 0 Å². The standard InChI is InChI=1S/C9H6ClNO3.C9H7NO3S.C8H9NO3.C3H2OS.CH3F.Cl2OS.K.H/c1-13-8(12)5-2-3-6-7(4-5)14-9(10)11-6;1-12-8(11)5-2-3-6-7(4-5)13-9(14)10-6;1-12-8(11)5-2-3-6(9)7(10)4-5;4-2-1-3-5;1-2;1-4(2)3;;/h2-4H,1H3;2-4H,1H3,(H,10,14);2-4,10H,9H2,1H3;3-4H;1H3;;;/q;;;;;;+1;-1/i;;;;1D;;;. The molecule has 5 N–H and O–H groups in total. The van der Waals surface area contributed by atoms with Gasteiger partial charge in [-0.05, 0) is 84.3 Å². The fourth-order valence-electron chi connectivity index (χ4n) is 3.15. The largest absolute Gasteiger partial charge is 1.00 e. The molecule has 5 aromatic rings. The molecule has 0 aliphatic heterocycles. The fourth-order valence-corrected chi connectivity index (χ4v) is 3.57. The van der Waals surface area contributed by atoms with Crippen LogP contribution in [0.25, 0.3) is 22.2 Å². The van der Waals surface area contributed by atoms with E-state index in [0.29, 0.717) is 32.6 Å². The molecule has 0 amide bonds. The normalized spacial score (nSPS) is 9.19. The molecular formula is C30H28Cl3FKN3O11S3. The van der Waals surface area contributed by atoms with Gasteiger partial charge in [-0.25, -0.2) is 18.6 Å². The minimum atomic E-state index is -1.67. The van der Waals surface area contributed by atoms with Crippen molar-refractivity contribution in [3.8, 4) is 17.8 Å². The number of methoxy groups -OCH3 is 3. The minimum absolute atomic E-state index is 0. The maximum absolute atomic E-state index is 11.2. The summed E-state index contributed by atoms with van der Waals surface area (Å²) in [4.78, 5) is 40.2. The van der Waals surface area contributed by atoms with Gasteiger partial charge in [0.15, 0.2) is 11.2 Å². The Morgan fingerprint density at radius 1 is 1.00 bits per heavy atom. The van der Waals surface area contributed by atoms with E-state index >= 15 is 0 Å². The number of rotatable bonds is 3. The summed E-state index contributed by atoms with van der Waals surface area (Å²) in [6.45, 7) is 0. The Bertz CT molecular complexity index is 2090. The monoisotopic (exact) mass is 866 g/mol. The molecule has 0 bridgehead atoms. The van der Waals surface area contributed by atoms with Crippen LogP contribution in [0.1, 0.15) is 33.9 Å².